The van der Waals surface area contributed by atoms with E-state index in [1.807, 2.05) is 11.0 Å². The van der Waals surface area contributed by atoms with Crippen LogP contribution in [0, 0.1) is 0 Å². The highest BCUT2D eigenvalue weighted by molar-refractivity contribution is 5.94. The van der Waals surface area contributed by atoms with Gasteiger partial charge in [-0.2, -0.15) is 0 Å². The number of hydrogen-bond donors (Lipinski definition) is 0. The van der Waals surface area contributed by atoms with Crippen LogP contribution in [0.25, 0.3) is 0 Å². The summed E-state index contributed by atoms with van der Waals surface area (Å²) in [6.45, 7) is 2.48. The Hall–Kier alpha value is -2.09. The van der Waals surface area contributed by atoms with E-state index in [9.17, 15) is 4.79 Å². The van der Waals surface area contributed by atoms with Gasteiger partial charge in [-0.05, 0) is 36.0 Å². The molecule has 20 heavy (non-hydrogen) atoms. The van der Waals surface area contributed by atoms with Gasteiger partial charge in [-0.1, -0.05) is 48.5 Å². The van der Waals surface area contributed by atoms with Crippen molar-refractivity contribution < 1.29 is 4.79 Å². The summed E-state index contributed by atoms with van der Waals surface area (Å²) in [6, 6.07) is 16.9. The maximum atomic E-state index is 11.8. The predicted octanol–water partition coefficient (Wildman–Crippen LogP) is 3.38. The van der Waals surface area contributed by atoms with Gasteiger partial charge in [0.2, 0.25) is 5.91 Å². The number of fused-ring (bicyclic) bond motifs is 1. The average Bonchev–Trinajstić information content (AvgIpc) is 2.91. The molecule has 1 amide bonds. The monoisotopic (exact) mass is 265 g/mol. The Labute approximate surface area is 120 Å². The number of benzene rings is 2. The second-order valence-electron chi connectivity index (χ2n) is 5.33. The molecule has 102 valence electrons. The predicted molar refractivity (Wildman–Crippen MR) is 82.0 cm³/mol. The van der Waals surface area contributed by atoms with Crippen LogP contribution < -0.4 is 4.90 Å². The van der Waals surface area contributed by atoms with Gasteiger partial charge in [-0.15, -0.1) is 0 Å². The summed E-state index contributed by atoms with van der Waals surface area (Å²) in [6.07, 6.45) is 2.98. The Morgan fingerprint density at radius 2 is 1.85 bits per heavy atom. The lowest BCUT2D eigenvalue weighted by Gasteiger charge is -2.18. The fourth-order valence-electron chi connectivity index (χ4n) is 2.98. The molecule has 1 heterocycles. The fourth-order valence-corrected chi connectivity index (χ4v) is 2.98. The van der Waals surface area contributed by atoms with Crippen molar-refractivity contribution in [2.45, 2.75) is 26.2 Å². The molecular weight excluding hydrogens is 246 g/mol. The van der Waals surface area contributed by atoms with Crippen LogP contribution in [0.1, 0.15) is 23.6 Å². The molecule has 1 aliphatic heterocycles. The molecule has 3 rings (SSSR count). The number of amides is 1. The van der Waals surface area contributed by atoms with Crippen LogP contribution in [-0.2, 0) is 24.1 Å². The Bertz CT molecular complexity index is 619. The third-order valence-corrected chi connectivity index (χ3v) is 3.98. The molecule has 2 aromatic rings. The summed E-state index contributed by atoms with van der Waals surface area (Å²) < 4.78 is 0. The van der Waals surface area contributed by atoms with Gasteiger partial charge >= 0.3 is 0 Å². The van der Waals surface area contributed by atoms with Crippen LogP contribution in [0.3, 0.4) is 0 Å². The van der Waals surface area contributed by atoms with Gasteiger partial charge in [0.15, 0.2) is 0 Å². The van der Waals surface area contributed by atoms with Crippen LogP contribution >= 0.6 is 0 Å². The van der Waals surface area contributed by atoms with E-state index in [4.69, 9.17) is 0 Å². The largest absolute Gasteiger partial charge is 0.312 e. The minimum atomic E-state index is 0.149. The number of nitrogens with zero attached hydrogens (tertiary/aromatic N) is 1. The zero-order valence-electron chi connectivity index (χ0n) is 11.8. The Morgan fingerprint density at radius 1 is 1.05 bits per heavy atom. The Morgan fingerprint density at radius 3 is 2.60 bits per heavy atom. The van der Waals surface area contributed by atoms with Crippen molar-refractivity contribution in [3.05, 3.63) is 65.2 Å². The maximum absolute atomic E-state index is 11.8. The SMILES string of the molecule is CC(=O)N1CCc2cccc(CCc3ccccc3)c21. The quantitative estimate of drug-likeness (QED) is 0.833. The van der Waals surface area contributed by atoms with Crippen LogP contribution in [0.2, 0.25) is 0 Å². The molecule has 2 aromatic carbocycles. The molecule has 0 saturated carbocycles. The third-order valence-electron chi connectivity index (χ3n) is 3.98. The summed E-state index contributed by atoms with van der Waals surface area (Å²) in [7, 11) is 0. The second-order valence-corrected chi connectivity index (χ2v) is 5.33. The van der Waals surface area contributed by atoms with Gasteiger partial charge in [0, 0.05) is 13.5 Å². The zero-order valence-corrected chi connectivity index (χ0v) is 11.8. The lowest BCUT2D eigenvalue weighted by Crippen LogP contribution is -2.26. The molecule has 0 aliphatic carbocycles. The highest BCUT2D eigenvalue weighted by atomic mass is 16.2. The van der Waals surface area contributed by atoms with E-state index in [1.165, 1.54) is 16.7 Å². The first-order chi connectivity index (χ1) is 9.75. The van der Waals surface area contributed by atoms with E-state index < -0.39 is 0 Å². The molecule has 2 nitrogen and oxygen atoms in total. The second kappa shape index (κ2) is 5.49. The van der Waals surface area contributed by atoms with Gasteiger partial charge in [-0.25, -0.2) is 0 Å². The van der Waals surface area contributed by atoms with Crippen molar-refractivity contribution in [2.75, 3.05) is 11.4 Å². The molecule has 2 heteroatoms. The number of aryl methyl sites for hydroxylation is 2. The number of carbonyl (C=O) groups excluding carboxylic acids is 1. The maximum Gasteiger partial charge on any atom is 0.223 e. The van der Waals surface area contributed by atoms with Crippen molar-refractivity contribution in [1.82, 2.24) is 0 Å². The molecule has 0 unspecified atom stereocenters. The van der Waals surface area contributed by atoms with Gasteiger partial charge in [0.05, 0.1) is 5.69 Å². The fraction of sp³-hybridized carbons (Fsp3) is 0.278. The average molecular weight is 265 g/mol. The standard InChI is InChI=1S/C18H19NO/c1-14(20)19-13-12-17-9-5-8-16(18(17)19)11-10-15-6-3-2-4-7-15/h2-9H,10-13H2,1H3. The van der Waals surface area contributed by atoms with E-state index >= 15 is 0 Å². The van der Waals surface area contributed by atoms with E-state index in [2.05, 4.69) is 42.5 Å². The first-order valence-electron chi connectivity index (χ1n) is 7.18. The lowest BCUT2D eigenvalue weighted by atomic mass is 10.0. The van der Waals surface area contributed by atoms with Crippen molar-refractivity contribution in [2.24, 2.45) is 0 Å². The van der Waals surface area contributed by atoms with Crippen LogP contribution in [0.5, 0.6) is 0 Å². The van der Waals surface area contributed by atoms with E-state index in [-0.39, 0.29) is 5.91 Å². The van der Waals surface area contributed by atoms with Crippen LogP contribution in [0.4, 0.5) is 5.69 Å². The molecule has 0 N–H and O–H groups in total. The number of hydrogen-bond acceptors (Lipinski definition) is 1. The van der Waals surface area contributed by atoms with Crippen LogP contribution in [0.15, 0.2) is 48.5 Å². The molecule has 0 saturated heterocycles. The highest BCUT2D eigenvalue weighted by Gasteiger charge is 2.24. The first-order valence-corrected chi connectivity index (χ1v) is 7.18. The topological polar surface area (TPSA) is 20.3 Å². The van der Waals surface area contributed by atoms with E-state index in [0.717, 1.165) is 31.5 Å². The molecule has 1 aliphatic rings. The van der Waals surface area contributed by atoms with Gasteiger partial charge in [0.1, 0.15) is 0 Å². The Kier molecular flexibility index (Phi) is 3.55. The minimum Gasteiger partial charge on any atom is -0.312 e. The molecule has 0 radical (unpaired) electrons. The van der Waals surface area contributed by atoms with Crippen molar-refractivity contribution in [3.8, 4) is 0 Å². The lowest BCUT2D eigenvalue weighted by molar-refractivity contribution is -0.116. The summed E-state index contributed by atoms with van der Waals surface area (Å²) in [5.41, 5.74) is 5.11. The summed E-state index contributed by atoms with van der Waals surface area (Å²) in [5.74, 6) is 0.149. The van der Waals surface area contributed by atoms with Crippen molar-refractivity contribution in [1.29, 1.82) is 0 Å². The first kappa shape index (κ1) is 12.9. The summed E-state index contributed by atoms with van der Waals surface area (Å²) in [5, 5.41) is 0. The van der Waals surface area contributed by atoms with Crippen molar-refractivity contribution >= 4 is 11.6 Å². The number of para-hydroxylation sites is 1. The highest BCUT2D eigenvalue weighted by Crippen LogP contribution is 2.32. The summed E-state index contributed by atoms with van der Waals surface area (Å²) in [4.78, 5) is 13.7. The van der Waals surface area contributed by atoms with E-state index in [0.29, 0.717) is 0 Å². The van der Waals surface area contributed by atoms with Gasteiger partial charge in [-0.3, -0.25) is 4.79 Å². The van der Waals surface area contributed by atoms with Crippen LogP contribution in [-0.4, -0.2) is 12.5 Å². The minimum absolute atomic E-state index is 0.149. The Balaban J connectivity index is 1.84. The zero-order chi connectivity index (χ0) is 13.9. The number of rotatable bonds is 3. The molecule has 0 bridgehead atoms. The molecule has 0 aromatic heterocycles. The molecular formula is C18H19NO. The smallest absolute Gasteiger partial charge is 0.223 e. The van der Waals surface area contributed by atoms with Crippen molar-refractivity contribution in [3.63, 3.8) is 0 Å². The summed E-state index contributed by atoms with van der Waals surface area (Å²) >= 11 is 0. The number of anilines is 1. The van der Waals surface area contributed by atoms with Gasteiger partial charge < -0.3 is 4.90 Å². The van der Waals surface area contributed by atoms with E-state index in [1.54, 1.807) is 6.92 Å². The number of carbonyl (C=O) groups is 1. The molecule has 0 spiro atoms. The molecule has 0 atom stereocenters. The third kappa shape index (κ3) is 2.46. The molecule has 0 fully saturated rings. The van der Waals surface area contributed by atoms with Gasteiger partial charge in [0.25, 0.3) is 0 Å². The normalized spacial score (nSPS) is 13.3.